The van der Waals surface area contributed by atoms with Gasteiger partial charge in [-0.05, 0) is 49.7 Å². The molecule has 3 rings (SSSR count). The van der Waals surface area contributed by atoms with Gasteiger partial charge in [-0.15, -0.1) is 0 Å². The van der Waals surface area contributed by atoms with Crippen LogP contribution in [-0.2, 0) is 4.79 Å². The van der Waals surface area contributed by atoms with Gasteiger partial charge >= 0.3 is 0 Å². The summed E-state index contributed by atoms with van der Waals surface area (Å²) in [4.78, 5) is 12.1. The number of halogens is 1. The number of aryl methyl sites for hydroxylation is 1. The fraction of sp³-hybridized carbons (Fsp3) is 0.143. The lowest BCUT2D eigenvalue weighted by molar-refractivity contribution is -0.129. The van der Waals surface area contributed by atoms with Crippen LogP contribution in [-0.4, -0.2) is 21.8 Å². The van der Waals surface area contributed by atoms with Crippen molar-refractivity contribution in [3.63, 3.8) is 0 Å². The van der Waals surface area contributed by atoms with Crippen LogP contribution in [0.4, 0.5) is 0 Å². The van der Waals surface area contributed by atoms with Gasteiger partial charge in [-0.2, -0.15) is 5.10 Å². The zero-order chi connectivity index (χ0) is 19.4. The summed E-state index contributed by atoms with van der Waals surface area (Å²) in [7, 11) is 0. The molecule has 1 atom stereocenters. The average Bonchev–Trinajstić information content (AvgIpc) is 2.96. The minimum absolute atomic E-state index is 0.520. The Hall–Kier alpha value is -2.89. The Morgan fingerprint density at radius 3 is 2.48 bits per heavy atom. The lowest BCUT2D eigenvalue weighted by Gasteiger charge is -2.09. The summed E-state index contributed by atoms with van der Waals surface area (Å²) in [6, 6.07) is 18.3. The molecule has 6 heteroatoms. The molecular weight excluding hydrogens is 362 g/mol. The molecule has 0 unspecified atom stereocenters. The van der Waals surface area contributed by atoms with Gasteiger partial charge in [-0.3, -0.25) is 4.79 Å². The van der Waals surface area contributed by atoms with E-state index in [1.54, 1.807) is 30.5 Å². The van der Waals surface area contributed by atoms with E-state index in [4.69, 9.17) is 11.6 Å². The fourth-order valence-corrected chi connectivity index (χ4v) is 3.05. The summed E-state index contributed by atoms with van der Waals surface area (Å²) >= 11 is 5.96. The number of amides is 1. The van der Waals surface area contributed by atoms with Gasteiger partial charge in [0.05, 0.1) is 6.21 Å². The highest BCUT2D eigenvalue weighted by Crippen LogP contribution is 2.21. The monoisotopic (exact) mass is 381 g/mol. The molecule has 0 fully saturated rings. The molecule has 0 aliphatic rings. The summed E-state index contributed by atoms with van der Waals surface area (Å²) in [6.45, 7) is 3.97. The normalized spacial score (nSPS) is 12.3. The van der Waals surface area contributed by atoms with E-state index in [0.717, 1.165) is 22.6 Å². The van der Waals surface area contributed by atoms with E-state index >= 15 is 0 Å². The van der Waals surface area contributed by atoms with Crippen LogP contribution in [0.2, 0.25) is 5.02 Å². The van der Waals surface area contributed by atoms with E-state index in [0.29, 0.717) is 10.6 Å². The highest BCUT2D eigenvalue weighted by atomic mass is 35.5. The van der Waals surface area contributed by atoms with Crippen molar-refractivity contribution in [3.05, 3.63) is 88.2 Å². The maximum absolute atomic E-state index is 12.1. The van der Waals surface area contributed by atoms with Crippen molar-refractivity contribution < 1.29 is 9.90 Å². The number of carbonyl (C=O) groups is 1. The molecule has 1 aromatic heterocycles. The number of aliphatic hydroxyl groups is 1. The molecule has 138 valence electrons. The summed E-state index contributed by atoms with van der Waals surface area (Å²) in [5, 5.41) is 14.7. The minimum atomic E-state index is -1.26. The third kappa shape index (κ3) is 4.27. The van der Waals surface area contributed by atoms with Gasteiger partial charge in [0.2, 0.25) is 0 Å². The Kier molecular flexibility index (Phi) is 5.74. The molecule has 0 saturated heterocycles. The average molecular weight is 382 g/mol. The predicted octanol–water partition coefficient (Wildman–Crippen LogP) is 3.93. The van der Waals surface area contributed by atoms with Crippen molar-refractivity contribution in [1.82, 2.24) is 9.99 Å². The van der Waals surface area contributed by atoms with E-state index in [-0.39, 0.29) is 0 Å². The van der Waals surface area contributed by atoms with Crippen LogP contribution in [0.3, 0.4) is 0 Å². The van der Waals surface area contributed by atoms with Crippen LogP contribution in [0.5, 0.6) is 0 Å². The molecule has 0 spiro atoms. The quantitative estimate of drug-likeness (QED) is 0.519. The smallest absolute Gasteiger partial charge is 0.273 e. The van der Waals surface area contributed by atoms with Gasteiger partial charge in [0.15, 0.2) is 6.10 Å². The van der Waals surface area contributed by atoms with Crippen LogP contribution in [0, 0.1) is 13.8 Å². The number of carbonyl (C=O) groups excluding carboxylic acids is 1. The number of nitrogens with one attached hydrogen (secondary N) is 1. The summed E-state index contributed by atoms with van der Waals surface area (Å²) < 4.78 is 2.08. The number of aromatic nitrogens is 1. The lowest BCUT2D eigenvalue weighted by atomic mass is 10.1. The standard InChI is InChI=1S/C21H20ClN3O2/c1-14-12-17(15(2)25(14)19-10-8-18(22)9-11-19)13-23-24-21(27)20(26)16-6-4-3-5-7-16/h3-13,20,26H,1-2H3,(H,24,27)/b23-13-/t20-/m1/s1. The van der Waals surface area contributed by atoms with Crippen molar-refractivity contribution >= 4 is 23.7 Å². The first-order chi connectivity index (χ1) is 13.0. The Balaban J connectivity index is 1.73. The van der Waals surface area contributed by atoms with Crippen molar-refractivity contribution in [2.24, 2.45) is 5.10 Å². The van der Waals surface area contributed by atoms with Gasteiger partial charge in [0, 0.05) is 27.7 Å². The van der Waals surface area contributed by atoms with Crippen LogP contribution in [0.25, 0.3) is 5.69 Å². The number of hydrogen-bond donors (Lipinski definition) is 2. The predicted molar refractivity (Wildman–Crippen MR) is 107 cm³/mol. The molecule has 1 amide bonds. The number of hydrogen-bond acceptors (Lipinski definition) is 3. The van der Waals surface area contributed by atoms with Crippen molar-refractivity contribution in [2.75, 3.05) is 0 Å². The third-order valence-corrected chi connectivity index (χ3v) is 4.55. The first-order valence-corrected chi connectivity index (χ1v) is 8.86. The fourth-order valence-electron chi connectivity index (χ4n) is 2.92. The zero-order valence-corrected chi connectivity index (χ0v) is 15.8. The Morgan fingerprint density at radius 2 is 1.81 bits per heavy atom. The number of nitrogens with zero attached hydrogens (tertiary/aromatic N) is 2. The van der Waals surface area contributed by atoms with Crippen molar-refractivity contribution in [3.8, 4) is 5.69 Å². The molecule has 1 heterocycles. The molecule has 3 aromatic rings. The zero-order valence-electron chi connectivity index (χ0n) is 15.1. The summed E-state index contributed by atoms with van der Waals surface area (Å²) in [5.74, 6) is -0.580. The second-order valence-electron chi connectivity index (χ2n) is 6.19. The first-order valence-electron chi connectivity index (χ1n) is 8.48. The number of aliphatic hydroxyl groups excluding tert-OH is 1. The molecule has 2 N–H and O–H groups in total. The van der Waals surface area contributed by atoms with Gasteiger partial charge in [0.1, 0.15) is 0 Å². The maximum Gasteiger partial charge on any atom is 0.273 e. The van der Waals surface area contributed by atoms with E-state index in [1.165, 1.54) is 0 Å². The van der Waals surface area contributed by atoms with Crippen LogP contribution >= 0.6 is 11.6 Å². The molecular formula is C21H20ClN3O2. The SMILES string of the molecule is Cc1cc(/C=N\NC(=O)[C@H](O)c2ccccc2)c(C)n1-c1ccc(Cl)cc1. The highest BCUT2D eigenvalue weighted by Gasteiger charge is 2.16. The second kappa shape index (κ2) is 8.20. The Bertz CT molecular complexity index is 963. The van der Waals surface area contributed by atoms with Crippen LogP contribution in [0.15, 0.2) is 65.8 Å². The molecule has 0 bridgehead atoms. The van der Waals surface area contributed by atoms with Gasteiger partial charge in [0.25, 0.3) is 5.91 Å². The molecule has 0 radical (unpaired) electrons. The molecule has 0 aliphatic carbocycles. The van der Waals surface area contributed by atoms with Gasteiger partial charge in [-0.1, -0.05) is 41.9 Å². The van der Waals surface area contributed by atoms with E-state index in [1.807, 2.05) is 50.2 Å². The lowest BCUT2D eigenvalue weighted by Crippen LogP contribution is -2.25. The summed E-state index contributed by atoms with van der Waals surface area (Å²) in [5.41, 5.74) is 6.79. The van der Waals surface area contributed by atoms with Crippen LogP contribution in [0.1, 0.15) is 28.6 Å². The number of benzene rings is 2. The van der Waals surface area contributed by atoms with E-state index in [9.17, 15) is 9.90 Å². The second-order valence-corrected chi connectivity index (χ2v) is 6.62. The van der Waals surface area contributed by atoms with E-state index in [2.05, 4.69) is 15.1 Å². The Morgan fingerprint density at radius 1 is 1.15 bits per heavy atom. The van der Waals surface area contributed by atoms with Gasteiger partial charge < -0.3 is 9.67 Å². The maximum atomic E-state index is 12.1. The third-order valence-electron chi connectivity index (χ3n) is 4.30. The molecule has 5 nitrogen and oxygen atoms in total. The van der Waals surface area contributed by atoms with Gasteiger partial charge in [-0.25, -0.2) is 5.43 Å². The number of rotatable bonds is 5. The molecule has 0 aliphatic heterocycles. The topological polar surface area (TPSA) is 66.6 Å². The summed E-state index contributed by atoms with van der Waals surface area (Å²) in [6.07, 6.45) is 0.314. The molecule has 0 saturated carbocycles. The van der Waals surface area contributed by atoms with Crippen molar-refractivity contribution in [2.45, 2.75) is 20.0 Å². The van der Waals surface area contributed by atoms with Crippen molar-refractivity contribution in [1.29, 1.82) is 0 Å². The van der Waals surface area contributed by atoms with Crippen LogP contribution < -0.4 is 5.43 Å². The first kappa shape index (κ1) is 18.9. The minimum Gasteiger partial charge on any atom is -0.378 e. The highest BCUT2D eigenvalue weighted by molar-refractivity contribution is 6.30. The largest absolute Gasteiger partial charge is 0.378 e. The molecule has 2 aromatic carbocycles. The Labute approximate surface area is 162 Å². The molecule has 27 heavy (non-hydrogen) atoms. The van der Waals surface area contributed by atoms with E-state index < -0.39 is 12.0 Å². The number of hydrazone groups is 1.